The summed E-state index contributed by atoms with van der Waals surface area (Å²) in [5, 5.41) is 0. The maximum atomic E-state index is 2.82. The Morgan fingerprint density at radius 3 is 2.11 bits per heavy atom. The van der Waals surface area contributed by atoms with E-state index in [2.05, 4.69) is 25.7 Å². The van der Waals surface area contributed by atoms with E-state index >= 15 is 0 Å². The fourth-order valence-electron chi connectivity index (χ4n) is 3.69. The smallest absolute Gasteiger partial charge is 0.0178 e. The van der Waals surface area contributed by atoms with E-state index in [-0.39, 0.29) is 0 Å². The van der Waals surface area contributed by atoms with Crippen molar-refractivity contribution in [1.82, 2.24) is 4.90 Å². The van der Waals surface area contributed by atoms with Gasteiger partial charge in [0.25, 0.3) is 0 Å². The molecule has 18 heavy (non-hydrogen) atoms. The van der Waals surface area contributed by atoms with Crippen LogP contribution in [0.2, 0.25) is 0 Å². The van der Waals surface area contributed by atoms with Gasteiger partial charge in [-0.2, -0.15) is 0 Å². The highest BCUT2D eigenvalue weighted by Gasteiger charge is 2.46. The molecule has 2 rings (SSSR count). The van der Waals surface area contributed by atoms with Gasteiger partial charge in [-0.1, -0.05) is 39.5 Å². The minimum absolute atomic E-state index is 0.490. The van der Waals surface area contributed by atoms with Gasteiger partial charge in [0.2, 0.25) is 0 Å². The molecule has 1 heteroatoms. The summed E-state index contributed by atoms with van der Waals surface area (Å²) in [5.41, 5.74) is 1.32. The number of rotatable bonds is 7. The summed E-state index contributed by atoms with van der Waals surface area (Å²) < 4.78 is 0. The van der Waals surface area contributed by atoms with Crippen molar-refractivity contribution in [3.05, 3.63) is 0 Å². The molecule has 0 radical (unpaired) electrons. The van der Waals surface area contributed by atoms with Crippen LogP contribution in [-0.2, 0) is 0 Å². The summed E-state index contributed by atoms with van der Waals surface area (Å²) in [5.74, 6) is 0. The normalized spacial score (nSPS) is 26.2. The van der Waals surface area contributed by atoms with Gasteiger partial charge in [-0.15, -0.1) is 0 Å². The second-order valence-electron chi connectivity index (χ2n) is 7.15. The molecule has 1 atom stereocenters. The average Bonchev–Trinajstić information content (AvgIpc) is 3.15. The molecule has 1 aliphatic carbocycles. The van der Waals surface area contributed by atoms with Crippen molar-refractivity contribution in [1.29, 1.82) is 0 Å². The Morgan fingerprint density at radius 1 is 0.944 bits per heavy atom. The third-order valence-electron chi connectivity index (χ3n) is 5.88. The molecule has 0 aromatic rings. The molecule has 0 N–H and O–H groups in total. The van der Waals surface area contributed by atoms with Gasteiger partial charge in [0, 0.05) is 5.54 Å². The summed E-state index contributed by atoms with van der Waals surface area (Å²) >= 11 is 0. The maximum Gasteiger partial charge on any atom is 0.0178 e. The van der Waals surface area contributed by atoms with Crippen molar-refractivity contribution in [2.24, 2.45) is 5.41 Å². The number of likely N-dealkylation sites (tertiary alicyclic amines) is 1. The van der Waals surface area contributed by atoms with Gasteiger partial charge in [0.15, 0.2) is 0 Å². The van der Waals surface area contributed by atoms with E-state index in [4.69, 9.17) is 0 Å². The Morgan fingerprint density at radius 2 is 1.61 bits per heavy atom. The van der Waals surface area contributed by atoms with Crippen LogP contribution in [0.4, 0.5) is 0 Å². The lowest BCUT2D eigenvalue weighted by molar-refractivity contribution is 0.0449. The second kappa shape index (κ2) is 5.94. The van der Waals surface area contributed by atoms with Crippen LogP contribution in [0.1, 0.15) is 85.0 Å². The molecular weight excluding hydrogens is 218 g/mol. The minimum Gasteiger partial charge on any atom is -0.298 e. The highest BCUT2D eigenvalue weighted by molar-refractivity contribution is 4.99. The van der Waals surface area contributed by atoms with E-state index in [1.807, 2.05) is 0 Å². The third-order valence-corrected chi connectivity index (χ3v) is 5.88. The number of nitrogens with zero attached hydrogens (tertiary/aromatic N) is 1. The molecule has 2 aliphatic rings. The molecule has 2 fully saturated rings. The number of hydrogen-bond acceptors (Lipinski definition) is 1. The fourth-order valence-corrected chi connectivity index (χ4v) is 3.69. The van der Waals surface area contributed by atoms with Crippen molar-refractivity contribution in [3.63, 3.8) is 0 Å². The first-order valence-electron chi connectivity index (χ1n) is 8.39. The lowest BCUT2D eigenvalue weighted by atomic mass is 9.84. The minimum atomic E-state index is 0.490. The lowest BCUT2D eigenvalue weighted by Gasteiger charge is -2.45. The molecule has 1 heterocycles. The van der Waals surface area contributed by atoms with Gasteiger partial charge in [-0.3, -0.25) is 4.90 Å². The molecule has 1 saturated heterocycles. The van der Waals surface area contributed by atoms with Crippen molar-refractivity contribution in [2.45, 2.75) is 90.5 Å². The molecule has 0 aromatic carbocycles. The van der Waals surface area contributed by atoms with E-state index in [1.54, 1.807) is 0 Å². The maximum absolute atomic E-state index is 2.82. The van der Waals surface area contributed by atoms with Crippen LogP contribution in [0.25, 0.3) is 0 Å². The predicted octanol–water partition coefficient (Wildman–Crippen LogP) is 5.00. The van der Waals surface area contributed by atoms with Crippen LogP contribution in [0.5, 0.6) is 0 Å². The number of hydrogen-bond donors (Lipinski definition) is 0. The second-order valence-corrected chi connectivity index (χ2v) is 7.15. The van der Waals surface area contributed by atoms with Gasteiger partial charge in [0.05, 0.1) is 0 Å². The third kappa shape index (κ3) is 3.29. The van der Waals surface area contributed by atoms with Crippen LogP contribution in [0, 0.1) is 5.41 Å². The highest BCUT2D eigenvalue weighted by Crippen LogP contribution is 2.54. The summed E-state index contributed by atoms with van der Waals surface area (Å²) in [6.07, 6.45) is 14.4. The zero-order valence-corrected chi connectivity index (χ0v) is 12.9. The van der Waals surface area contributed by atoms with Crippen LogP contribution >= 0.6 is 0 Å². The van der Waals surface area contributed by atoms with Gasteiger partial charge in [-0.25, -0.2) is 0 Å². The highest BCUT2D eigenvalue weighted by atomic mass is 15.2. The Bertz CT molecular complexity index is 246. The van der Waals surface area contributed by atoms with Gasteiger partial charge in [-0.05, 0) is 64.0 Å². The van der Waals surface area contributed by atoms with E-state index < -0.39 is 0 Å². The first kappa shape index (κ1) is 14.4. The van der Waals surface area contributed by atoms with E-state index in [1.165, 1.54) is 77.3 Å². The first-order valence-corrected chi connectivity index (χ1v) is 8.39. The van der Waals surface area contributed by atoms with Crippen LogP contribution in [0.15, 0.2) is 0 Å². The molecule has 0 amide bonds. The van der Waals surface area contributed by atoms with Gasteiger partial charge in [0.1, 0.15) is 0 Å². The fraction of sp³-hybridized carbons (Fsp3) is 1.00. The Hall–Kier alpha value is -0.0400. The van der Waals surface area contributed by atoms with Crippen LogP contribution in [-0.4, -0.2) is 23.5 Å². The molecule has 106 valence electrons. The topological polar surface area (TPSA) is 3.24 Å². The SMILES string of the molecule is CCCCCCC(C)(CC)N1CCC2(CC1)CC2. The lowest BCUT2D eigenvalue weighted by Crippen LogP contribution is -2.50. The Labute approximate surface area is 114 Å². The van der Waals surface area contributed by atoms with E-state index in [0.29, 0.717) is 5.54 Å². The largest absolute Gasteiger partial charge is 0.298 e. The monoisotopic (exact) mass is 251 g/mol. The van der Waals surface area contributed by atoms with E-state index in [0.717, 1.165) is 5.41 Å². The van der Waals surface area contributed by atoms with Crippen molar-refractivity contribution >= 4 is 0 Å². The summed E-state index contributed by atoms with van der Waals surface area (Å²) in [4.78, 5) is 2.82. The summed E-state index contributed by atoms with van der Waals surface area (Å²) in [6, 6.07) is 0. The predicted molar refractivity (Wildman–Crippen MR) is 79.9 cm³/mol. The molecule has 1 aliphatic heterocycles. The van der Waals surface area contributed by atoms with E-state index in [9.17, 15) is 0 Å². The quantitative estimate of drug-likeness (QED) is 0.575. The zero-order valence-electron chi connectivity index (χ0n) is 12.9. The van der Waals surface area contributed by atoms with Crippen molar-refractivity contribution in [2.75, 3.05) is 13.1 Å². The summed E-state index contributed by atoms with van der Waals surface area (Å²) in [7, 11) is 0. The molecule has 0 bridgehead atoms. The van der Waals surface area contributed by atoms with Crippen LogP contribution < -0.4 is 0 Å². The molecule has 1 spiro atoms. The van der Waals surface area contributed by atoms with Crippen LogP contribution in [0.3, 0.4) is 0 Å². The molecule has 1 nitrogen and oxygen atoms in total. The van der Waals surface area contributed by atoms with Gasteiger partial charge < -0.3 is 0 Å². The zero-order chi connectivity index (χ0) is 13.1. The Balaban J connectivity index is 1.78. The summed E-state index contributed by atoms with van der Waals surface area (Å²) in [6.45, 7) is 9.96. The number of unbranched alkanes of at least 4 members (excludes halogenated alkanes) is 3. The standard InChI is InChI=1S/C17H33N/c1-4-6-7-8-9-16(3,5-2)18-14-12-17(10-11-17)13-15-18/h4-15H2,1-3H3. The Kier molecular flexibility index (Phi) is 4.75. The molecule has 1 saturated carbocycles. The number of piperidine rings is 1. The molecule has 1 unspecified atom stereocenters. The van der Waals surface area contributed by atoms with Gasteiger partial charge >= 0.3 is 0 Å². The van der Waals surface area contributed by atoms with Crippen molar-refractivity contribution in [3.8, 4) is 0 Å². The first-order chi connectivity index (χ1) is 8.64. The average molecular weight is 251 g/mol. The molecule has 0 aromatic heterocycles. The molecular formula is C17H33N. The van der Waals surface area contributed by atoms with Crippen molar-refractivity contribution < 1.29 is 0 Å².